The Morgan fingerprint density at radius 2 is 2.05 bits per heavy atom. The third-order valence-electron chi connectivity index (χ3n) is 3.54. The molecule has 2 N–H and O–H groups in total. The normalized spacial score (nSPS) is 12.5. The van der Waals surface area contributed by atoms with Crippen LogP contribution in [-0.4, -0.2) is 21.8 Å². The van der Waals surface area contributed by atoms with E-state index in [4.69, 9.17) is 5.11 Å². The van der Waals surface area contributed by atoms with Crippen molar-refractivity contribution in [3.63, 3.8) is 0 Å². The largest absolute Gasteiger partial charge is 0.481 e. The number of hydrogen-bond donors (Lipinski definition) is 2. The smallest absolute Gasteiger partial charge is 0.303 e. The summed E-state index contributed by atoms with van der Waals surface area (Å²) in [5, 5.41) is 9.68. The van der Waals surface area contributed by atoms with Crippen LogP contribution in [0.15, 0.2) is 24.4 Å². The minimum absolute atomic E-state index is 0.00162. The number of aliphatic carboxylic acids is 1. The zero-order valence-corrected chi connectivity index (χ0v) is 11.8. The number of carbonyl (C=O) groups excluding carboxylic acids is 1. The second kappa shape index (κ2) is 5.90. The maximum atomic E-state index is 12.3. The summed E-state index contributed by atoms with van der Waals surface area (Å²) >= 11 is 0. The second-order valence-electron chi connectivity index (χ2n) is 5.23. The molecule has 0 spiro atoms. The molecular weight excluding hydrogens is 254 g/mol. The number of H-pyrrole nitrogens is 1. The van der Waals surface area contributed by atoms with E-state index < -0.39 is 5.97 Å². The molecule has 1 heterocycles. The Kier molecular flexibility index (Phi) is 4.23. The van der Waals surface area contributed by atoms with Crippen molar-refractivity contribution in [1.82, 2.24) is 4.98 Å². The van der Waals surface area contributed by atoms with Crippen LogP contribution in [0, 0.1) is 5.92 Å². The van der Waals surface area contributed by atoms with Crippen molar-refractivity contribution in [3.8, 4) is 0 Å². The van der Waals surface area contributed by atoms with Crippen molar-refractivity contribution in [1.29, 1.82) is 0 Å². The van der Waals surface area contributed by atoms with E-state index in [2.05, 4.69) is 11.9 Å². The summed E-state index contributed by atoms with van der Waals surface area (Å²) in [4.78, 5) is 26.1. The molecule has 0 saturated carbocycles. The molecule has 4 heteroatoms. The van der Waals surface area contributed by atoms with E-state index in [1.54, 1.807) is 13.1 Å². The van der Waals surface area contributed by atoms with Crippen LogP contribution in [0.5, 0.6) is 0 Å². The molecular formula is C16H19NO3. The van der Waals surface area contributed by atoms with Gasteiger partial charge in [0.05, 0.1) is 0 Å². The van der Waals surface area contributed by atoms with Crippen LogP contribution in [0.1, 0.15) is 42.6 Å². The number of carbonyl (C=O) groups is 2. The van der Waals surface area contributed by atoms with Gasteiger partial charge < -0.3 is 10.1 Å². The van der Waals surface area contributed by atoms with Gasteiger partial charge in [0.15, 0.2) is 5.78 Å². The predicted octanol–water partition coefficient (Wildman–Crippen LogP) is 3.41. The summed E-state index contributed by atoms with van der Waals surface area (Å²) in [6.07, 6.45) is 2.92. The molecule has 0 aliphatic carbocycles. The molecule has 4 nitrogen and oxygen atoms in total. The van der Waals surface area contributed by atoms with E-state index in [9.17, 15) is 9.59 Å². The summed E-state index contributed by atoms with van der Waals surface area (Å²) < 4.78 is 0. The van der Waals surface area contributed by atoms with E-state index in [1.807, 2.05) is 18.2 Å². The average molecular weight is 273 g/mol. The van der Waals surface area contributed by atoms with Crippen molar-refractivity contribution < 1.29 is 14.7 Å². The Labute approximate surface area is 117 Å². The number of aromatic amines is 1. The quantitative estimate of drug-likeness (QED) is 0.792. The molecule has 20 heavy (non-hydrogen) atoms. The molecule has 2 rings (SSSR count). The number of para-hydroxylation sites is 1. The number of fused-ring (bicyclic) bond motifs is 1. The van der Waals surface area contributed by atoms with Crippen molar-refractivity contribution in [2.75, 3.05) is 0 Å². The van der Waals surface area contributed by atoms with Gasteiger partial charge in [0.25, 0.3) is 0 Å². The first-order valence-corrected chi connectivity index (χ1v) is 6.86. The molecule has 106 valence electrons. The van der Waals surface area contributed by atoms with E-state index in [1.165, 1.54) is 5.56 Å². The number of Topliss-reactive ketones (excluding diaryl/α,β-unsaturated/α-hetero) is 1. The first-order chi connectivity index (χ1) is 9.52. The van der Waals surface area contributed by atoms with Crippen LogP contribution in [0.2, 0.25) is 0 Å². The molecule has 0 radical (unpaired) electrons. The molecule has 0 bridgehead atoms. The number of ketones is 1. The third-order valence-corrected chi connectivity index (χ3v) is 3.54. The van der Waals surface area contributed by atoms with Gasteiger partial charge in [-0.1, -0.05) is 32.0 Å². The van der Waals surface area contributed by atoms with Crippen LogP contribution in [-0.2, 0) is 11.2 Å². The van der Waals surface area contributed by atoms with Gasteiger partial charge in [-0.15, -0.1) is 0 Å². The van der Waals surface area contributed by atoms with Crippen molar-refractivity contribution in [2.24, 2.45) is 5.92 Å². The predicted molar refractivity (Wildman–Crippen MR) is 78.0 cm³/mol. The van der Waals surface area contributed by atoms with Crippen LogP contribution in [0.3, 0.4) is 0 Å². The van der Waals surface area contributed by atoms with E-state index >= 15 is 0 Å². The topological polar surface area (TPSA) is 70.2 Å². The number of hydrogen-bond acceptors (Lipinski definition) is 2. The van der Waals surface area contributed by atoms with Gasteiger partial charge in [0, 0.05) is 35.5 Å². The van der Waals surface area contributed by atoms with Gasteiger partial charge >= 0.3 is 5.97 Å². The van der Waals surface area contributed by atoms with E-state index in [-0.39, 0.29) is 24.5 Å². The van der Waals surface area contributed by atoms with Gasteiger partial charge in [-0.3, -0.25) is 9.59 Å². The summed E-state index contributed by atoms with van der Waals surface area (Å²) in [5.41, 5.74) is 2.84. The Balaban J connectivity index is 2.25. The van der Waals surface area contributed by atoms with Crippen molar-refractivity contribution in [3.05, 3.63) is 35.5 Å². The average Bonchev–Trinajstić information content (AvgIpc) is 2.81. The lowest BCUT2D eigenvalue weighted by molar-refractivity contribution is -0.137. The number of benzene rings is 1. The molecule has 1 unspecified atom stereocenters. The Hall–Kier alpha value is -2.10. The Morgan fingerprint density at radius 1 is 1.30 bits per heavy atom. The van der Waals surface area contributed by atoms with E-state index in [0.717, 1.165) is 17.3 Å². The lowest BCUT2D eigenvalue weighted by Crippen LogP contribution is -2.10. The highest BCUT2D eigenvalue weighted by Gasteiger charge is 2.17. The molecule has 1 aromatic carbocycles. The maximum Gasteiger partial charge on any atom is 0.303 e. The highest BCUT2D eigenvalue weighted by Crippen LogP contribution is 2.24. The zero-order valence-electron chi connectivity index (χ0n) is 11.8. The van der Waals surface area contributed by atoms with Gasteiger partial charge in [0.2, 0.25) is 0 Å². The fraction of sp³-hybridized carbons (Fsp3) is 0.375. The standard InChI is InChI=1S/C16H19NO3/c1-3-11-5-4-6-12-13(9-17-16(11)12)14(18)7-10(2)8-15(19)20/h4-6,9-10,17H,3,7-8H2,1-2H3,(H,19,20). The van der Waals surface area contributed by atoms with Crippen molar-refractivity contribution in [2.45, 2.75) is 33.1 Å². The molecule has 2 aromatic rings. The minimum Gasteiger partial charge on any atom is -0.481 e. The van der Waals surface area contributed by atoms with E-state index in [0.29, 0.717) is 5.56 Å². The van der Waals surface area contributed by atoms with Crippen LogP contribution < -0.4 is 0 Å². The molecule has 1 atom stereocenters. The summed E-state index contributed by atoms with van der Waals surface area (Å²) in [6, 6.07) is 5.92. The second-order valence-corrected chi connectivity index (χ2v) is 5.23. The number of rotatable bonds is 6. The first-order valence-electron chi connectivity index (χ1n) is 6.86. The highest BCUT2D eigenvalue weighted by molar-refractivity contribution is 6.08. The number of carboxylic acid groups (broad SMARTS) is 1. The first kappa shape index (κ1) is 14.3. The Bertz CT molecular complexity index is 642. The minimum atomic E-state index is -0.863. The van der Waals surface area contributed by atoms with Crippen LogP contribution in [0.25, 0.3) is 10.9 Å². The van der Waals surface area contributed by atoms with Crippen LogP contribution >= 0.6 is 0 Å². The lowest BCUT2D eigenvalue weighted by atomic mass is 9.96. The third kappa shape index (κ3) is 2.90. The summed E-state index contributed by atoms with van der Waals surface area (Å²) in [6.45, 7) is 3.87. The van der Waals surface area contributed by atoms with Gasteiger partial charge in [-0.05, 0) is 17.9 Å². The van der Waals surface area contributed by atoms with Gasteiger partial charge in [-0.2, -0.15) is 0 Å². The van der Waals surface area contributed by atoms with Crippen LogP contribution in [0.4, 0.5) is 0 Å². The molecule has 0 aliphatic heterocycles. The summed E-state index contributed by atoms with van der Waals surface area (Å²) in [5.74, 6) is -1.02. The zero-order chi connectivity index (χ0) is 14.7. The SMILES string of the molecule is CCc1cccc2c(C(=O)CC(C)CC(=O)O)c[nH]c12. The fourth-order valence-corrected chi connectivity index (χ4v) is 2.54. The Morgan fingerprint density at radius 3 is 2.70 bits per heavy atom. The molecule has 0 fully saturated rings. The number of nitrogens with one attached hydrogen (secondary N) is 1. The number of carboxylic acids is 1. The molecule has 0 aliphatic rings. The fourth-order valence-electron chi connectivity index (χ4n) is 2.54. The molecule has 1 aromatic heterocycles. The lowest BCUT2D eigenvalue weighted by Gasteiger charge is -2.07. The van der Waals surface area contributed by atoms with Crippen molar-refractivity contribution >= 4 is 22.7 Å². The number of aryl methyl sites for hydroxylation is 1. The molecule has 0 amide bonds. The molecule has 0 saturated heterocycles. The van der Waals surface area contributed by atoms with Gasteiger partial charge in [0.1, 0.15) is 0 Å². The number of aromatic nitrogens is 1. The highest BCUT2D eigenvalue weighted by atomic mass is 16.4. The monoisotopic (exact) mass is 273 g/mol. The van der Waals surface area contributed by atoms with Gasteiger partial charge in [-0.25, -0.2) is 0 Å². The maximum absolute atomic E-state index is 12.3. The summed E-state index contributed by atoms with van der Waals surface area (Å²) in [7, 11) is 0.